The number of rotatable bonds is 3. The van der Waals surface area contributed by atoms with Gasteiger partial charge in [0, 0.05) is 5.56 Å². The minimum absolute atomic E-state index is 0.0434. The third-order valence-electron chi connectivity index (χ3n) is 1.56. The van der Waals surface area contributed by atoms with Crippen LogP contribution in [0, 0.1) is 0 Å². The SMILES string of the molecule is CSC(F)(F)C(=O)c1ccccc1. The van der Waals surface area contributed by atoms with Gasteiger partial charge in [-0.3, -0.25) is 4.79 Å². The van der Waals surface area contributed by atoms with Crippen LogP contribution in [0.2, 0.25) is 0 Å². The van der Waals surface area contributed by atoms with E-state index < -0.39 is 11.0 Å². The number of ketones is 1. The van der Waals surface area contributed by atoms with Gasteiger partial charge in [-0.1, -0.05) is 42.1 Å². The van der Waals surface area contributed by atoms with Crippen LogP contribution >= 0.6 is 11.8 Å². The van der Waals surface area contributed by atoms with Crippen LogP contribution in [0.5, 0.6) is 0 Å². The van der Waals surface area contributed by atoms with E-state index in [0.717, 1.165) is 0 Å². The molecule has 0 radical (unpaired) electrons. The number of Topliss-reactive ketones (excluding diaryl/α,β-unsaturated/α-hetero) is 1. The molecule has 0 fully saturated rings. The first-order chi connectivity index (χ1) is 6.08. The van der Waals surface area contributed by atoms with Crippen molar-refractivity contribution in [2.45, 2.75) is 5.25 Å². The Labute approximate surface area is 79.1 Å². The number of hydrogen-bond acceptors (Lipinski definition) is 2. The van der Waals surface area contributed by atoms with Crippen LogP contribution in [0.15, 0.2) is 30.3 Å². The molecule has 0 aliphatic heterocycles. The average molecular weight is 202 g/mol. The zero-order valence-electron chi connectivity index (χ0n) is 6.96. The Morgan fingerprint density at radius 3 is 2.31 bits per heavy atom. The summed E-state index contributed by atoms with van der Waals surface area (Å²) in [6.07, 6.45) is 1.21. The average Bonchev–Trinajstić information content (AvgIpc) is 2.18. The molecule has 0 amide bonds. The standard InChI is InChI=1S/C9H8F2OS/c1-13-9(10,11)8(12)7-5-3-2-4-6-7/h2-6H,1H3. The molecule has 4 heteroatoms. The highest BCUT2D eigenvalue weighted by Crippen LogP contribution is 2.30. The van der Waals surface area contributed by atoms with Gasteiger partial charge in [-0.05, 0) is 6.26 Å². The van der Waals surface area contributed by atoms with Crippen molar-refractivity contribution in [3.8, 4) is 0 Å². The third kappa shape index (κ3) is 2.28. The molecule has 0 N–H and O–H groups in total. The Hall–Kier alpha value is -0.900. The van der Waals surface area contributed by atoms with Crippen LogP contribution in [0.3, 0.4) is 0 Å². The molecule has 0 aliphatic rings. The Morgan fingerprint density at radius 1 is 1.31 bits per heavy atom. The fourth-order valence-corrected chi connectivity index (χ4v) is 1.15. The van der Waals surface area contributed by atoms with Gasteiger partial charge < -0.3 is 0 Å². The Kier molecular flexibility index (Phi) is 3.03. The summed E-state index contributed by atoms with van der Waals surface area (Å²) in [5.74, 6) is -1.14. The molecule has 0 atom stereocenters. The molecule has 0 aliphatic carbocycles. The maximum absolute atomic E-state index is 12.8. The molecule has 0 unspecified atom stereocenters. The highest BCUT2D eigenvalue weighted by Gasteiger charge is 2.37. The summed E-state index contributed by atoms with van der Waals surface area (Å²) in [6, 6.07) is 7.56. The van der Waals surface area contributed by atoms with Crippen LogP contribution in [0.1, 0.15) is 10.4 Å². The lowest BCUT2D eigenvalue weighted by atomic mass is 10.1. The van der Waals surface area contributed by atoms with Crippen molar-refractivity contribution in [2.75, 3.05) is 6.26 Å². The predicted octanol–water partition coefficient (Wildman–Crippen LogP) is 2.83. The summed E-state index contributed by atoms with van der Waals surface area (Å²) in [5, 5.41) is -3.32. The van der Waals surface area contributed by atoms with Gasteiger partial charge in [0.2, 0.25) is 5.78 Å². The Balaban J connectivity index is 2.93. The zero-order chi connectivity index (χ0) is 9.90. The highest BCUT2D eigenvalue weighted by molar-refractivity contribution is 8.00. The molecular weight excluding hydrogens is 194 g/mol. The minimum atomic E-state index is -3.32. The first-order valence-electron chi connectivity index (χ1n) is 3.61. The molecule has 0 spiro atoms. The largest absolute Gasteiger partial charge is 0.355 e. The molecule has 0 bridgehead atoms. The second-order valence-corrected chi connectivity index (χ2v) is 3.34. The number of alkyl halides is 2. The quantitative estimate of drug-likeness (QED) is 0.701. The fraction of sp³-hybridized carbons (Fsp3) is 0.222. The van der Waals surface area contributed by atoms with Gasteiger partial charge in [0.25, 0.3) is 0 Å². The summed E-state index contributed by atoms with van der Waals surface area (Å²) in [4.78, 5) is 11.1. The highest BCUT2D eigenvalue weighted by atomic mass is 32.2. The summed E-state index contributed by atoms with van der Waals surface area (Å²) in [7, 11) is 0. The second-order valence-electron chi connectivity index (χ2n) is 2.42. The van der Waals surface area contributed by atoms with Crippen LogP contribution in [-0.2, 0) is 0 Å². The molecule has 0 aromatic heterocycles. The molecule has 1 rings (SSSR count). The number of carbonyl (C=O) groups excluding carboxylic acids is 1. The third-order valence-corrected chi connectivity index (χ3v) is 2.25. The van der Waals surface area contributed by atoms with Crippen molar-refractivity contribution in [3.63, 3.8) is 0 Å². The zero-order valence-corrected chi connectivity index (χ0v) is 7.78. The summed E-state index contributed by atoms with van der Waals surface area (Å²) >= 11 is 0.247. The smallest absolute Gasteiger partial charge is 0.286 e. The first-order valence-corrected chi connectivity index (χ1v) is 4.83. The van der Waals surface area contributed by atoms with Crippen molar-refractivity contribution in [1.82, 2.24) is 0 Å². The topological polar surface area (TPSA) is 17.1 Å². The second kappa shape index (κ2) is 3.87. The molecule has 13 heavy (non-hydrogen) atoms. The maximum Gasteiger partial charge on any atom is 0.355 e. The van der Waals surface area contributed by atoms with E-state index in [4.69, 9.17) is 0 Å². The van der Waals surface area contributed by atoms with Gasteiger partial charge in [0.05, 0.1) is 0 Å². The van der Waals surface area contributed by atoms with Gasteiger partial charge in [0.15, 0.2) is 0 Å². The van der Waals surface area contributed by atoms with E-state index in [1.807, 2.05) is 0 Å². The summed E-state index contributed by atoms with van der Waals surface area (Å²) in [5.41, 5.74) is 0.0434. The molecule has 0 saturated heterocycles. The molecular formula is C9H8F2OS. The maximum atomic E-state index is 12.8. The molecule has 0 saturated carbocycles. The summed E-state index contributed by atoms with van der Waals surface area (Å²) < 4.78 is 25.7. The van der Waals surface area contributed by atoms with Crippen molar-refractivity contribution in [3.05, 3.63) is 35.9 Å². The van der Waals surface area contributed by atoms with E-state index in [9.17, 15) is 13.6 Å². The first kappa shape index (κ1) is 10.2. The normalized spacial score (nSPS) is 11.3. The number of hydrogen-bond donors (Lipinski definition) is 0. The molecule has 0 heterocycles. The molecule has 1 aromatic rings. The van der Waals surface area contributed by atoms with E-state index in [2.05, 4.69) is 0 Å². The van der Waals surface area contributed by atoms with Gasteiger partial charge in [0.1, 0.15) is 0 Å². The Morgan fingerprint density at radius 2 is 1.85 bits per heavy atom. The van der Waals surface area contributed by atoms with Gasteiger partial charge in [-0.2, -0.15) is 8.78 Å². The van der Waals surface area contributed by atoms with Crippen molar-refractivity contribution in [1.29, 1.82) is 0 Å². The van der Waals surface area contributed by atoms with E-state index in [1.54, 1.807) is 18.2 Å². The van der Waals surface area contributed by atoms with E-state index in [0.29, 0.717) is 0 Å². The van der Waals surface area contributed by atoms with Crippen LogP contribution < -0.4 is 0 Å². The molecule has 70 valence electrons. The van der Waals surface area contributed by atoms with E-state index in [-0.39, 0.29) is 17.3 Å². The summed E-state index contributed by atoms with van der Waals surface area (Å²) in [6.45, 7) is 0. The fourth-order valence-electron chi connectivity index (χ4n) is 0.850. The number of thioether (sulfide) groups is 1. The molecule has 1 aromatic carbocycles. The van der Waals surface area contributed by atoms with Crippen molar-refractivity contribution < 1.29 is 13.6 Å². The van der Waals surface area contributed by atoms with Crippen molar-refractivity contribution in [2.24, 2.45) is 0 Å². The molecule has 1 nitrogen and oxygen atoms in total. The van der Waals surface area contributed by atoms with Gasteiger partial charge >= 0.3 is 5.25 Å². The Bertz CT molecular complexity index is 298. The van der Waals surface area contributed by atoms with Crippen LogP contribution in [0.25, 0.3) is 0 Å². The van der Waals surface area contributed by atoms with E-state index >= 15 is 0 Å². The number of carbonyl (C=O) groups is 1. The lowest BCUT2D eigenvalue weighted by Crippen LogP contribution is -2.23. The van der Waals surface area contributed by atoms with Gasteiger partial charge in [-0.25, -0.2) is 0 Å². The lowest BCUT2D eigenvalue weighted by molar-refractivity contribution is 0.0568. The lowest BCUT2D eigenvalue weighted by Gasteiger charge is -2.10. The van der Waals surface area contributed by atoms with Gasteiger partial charge in [-0.15, -0.1) is 0 Å². The monoisotopic (exact) mass is 202 g/mol. The van der Waals surface area contributed by atoms with E-state index in [1.165, 1.54) is 18.4 Å². The van der Waals surface area contributed by atoms with Crippen LogP contribution in [-0.4, -0.2) is 17.3 Å². The minimum Gasteiger partial charge on any atom is -0.286 e. The number of benzene rings is 1. The van der Waals surface area contributed by atoms with Crippen LogP contribution in [0.4, 0.5) is 8.78 Å². The predicted molar refractivity (Wildman–Crippen MR) is 49.2 cm³/mol. The number of halogens is 2. The van der Waals surface area contributed by atoms with Crippen molar-refractivity contribution >= 4 is 17.5 Å².